The van der Waals surface area contributed by atoms with Crippen LogP contribution in [-0.4, -0.2) is 19.7 Å². The first-order valence-electron chi connectivity index (χ1n) is 8.68. The van der Waals surface area contributed by atoms with E-state index in [-0.39, 0.29) is 0 Å². The number of ether oxygens (including phenoxy) is 1. The van der Waals surface area contributed by atoms with Gasteiger partial charge in [-0.1, -0.05) is 51.2 Å². The fourth-order valence-electron chi connectivity index (χ4n) is 3.55. The third-order valence-corrected chi connectivity index (χ3v) is 4.78. The molecule has 0 spiro atoms. The molecule has 0 amide bonds. The largest absolute Gasteiger partial charge is 0.497 e. The number of hydrogen-bond acceptors (Lipinski definition) is 2. The van der Waals surface area contributed by atoms with Crippen molar-refractivity contribution in [3.05, 3.63) is 29.8 Å². The molecule has 0 radical (unpaired) electrons. The maximum Gasteiger partial charge on any atom is 0.118 e. The molecule has 1 atom stereocenters. The highest BCUT2D eigenvalue weighted by molar-refractivity contribution is 5.27. The summed E-state index contributed by atoms with van der Waals surface area (Å²) < 4.78 is 5.22. The lowest BCUT2D eigenvalue weighted by Crippen LogP contribution is -2.32. The Balaban J connectivity index is 1.80. The topological polar surface area (TPSA) is 21.3 Å². The molecule has 0 aromatic heterocycles. The lowest BCUT2D eigenvalue weighted by molar-refractivity contribution is 0.292. The minimum absolute atomic E-state index is 0.681. The molecule has 2 nitrogen and oxygen atoms in total. The van der Waals surface area contributed by atoms with Crippen molar-refractivity contribution in [1.82, 2.24) is 5.32 Å². The lowest BCUT2D eigenvalue weighted by Gasteiger charge is -2.27. The van der Waals surface area contributed by atoms with Gasteiger partial charge in [0.1, 0.15) is 5.75 Å². The molecule has 1 aromatic rings. The lowest BCUT2D eigenvalue weighted by atomic mass is 9.83. The second-order valence-electron chi connectivity index (χ2n) is 6.38. The van der Waals surface area contributed by atoms with E-state index in [0.29, 0.717) is 6.04 Å². The summed E-state index contributed by atoms with van der Waals surface area (Å²) in [7, 11) is 1.72. The molecule has 2 rings (SSSR count). The van der Waals surface area contributed by atoms with Crippen LogP contribution in [0.3, 0.4) is 0 Å². The van der Waals surface area contributed by atoms with Crippen molar-refractivity contribution in [2.24, 2.45) is 5.92 Å². The molecule has 1 unspecified atom stereocenters. The first kappa shape index (κ1) is 16.4. The van der Waals surface area contributed by atoms with Crippen LogP contribution in [0.1, 0.15) is 57.4 Å². The summed E-state index contributed by atoms with van der Waals surface area (Å²) in [6.45, 7) is 3.31. The monoisotopic (exact) mass is 289 g/mol. The average molecular weight is 289 g/mol. The number of hydrogen-bond donors (Lipinski definition) is 1. The van der Waals surface area contributed by atoms with Gasteiger partial charge in [0.25, 0.3) is 0 Å². The van der Waals surface area contributed by atoms with Gasteiger partial charge < -0.3 is 10.1 Å². The third kappa shape index (κ3) is 5.70. The molecule has 0 saturated heterocycles. The maximum atomic E-state index is 5.22. The zero-order chi connectivity index (χ0) is 14.9. The van der Waals surface area contributed by atoms with E-state index >= 15 is 0 Å². The van der Waals surface area contributed by atoms with Crippen molar-refractivity contribution in [1.29, 1.82) is 0 Å². The van der Waals surface area contributed by atoms with Gasteiger partial charge >= 0.3 is 0 Å². The van der Waals surface area contributed by atoms with Crippen molar-refractivity contribution in [2.45, 2.75) is 64.3 Å². The summed E-state index contributed by atoms with van der Waals surface area (Å²) in [5, 5.41) is 3.70. The van der Waals surface area contributed by atoms with Crippen LogP contribution in [0.25, 0.3) is 0 Å². The normalized spacial score (nSPS) is 17.6. The Hall–Kier alpha value is -1.02. The van der Waals surface area contributed by atoms with E-state index in [0.717, 1.165) is 24.6 Å². The SMILES string of the molecule is CCNC(CCc1ccc(OC)cc1)CC1CCCCC1. The molecule has 1 N–H and O–H groups in total. The van der Waals surface area contributed by atoms with Gasteiger partial charge in [0.05, 0.1) is 7.11 Å². The number of rotatable bonds is 8. The Morgan fingerprint density at radius 1 is 1.14 bits per heavy atom. The molecule has 1 aliphatic carbocycles. The molecule has 1 saturated carbocycles. The molecule has 1 aromatic carbocycles. The average Bonchev–Trinajstić information content (AvgIpc) is 2.54. The maximum absolute atomic E-state index is 5.22. The number of benzene rings is 1. The summed E-state index contributed by atoms with van der Waals surface area (Å²) in [6.07, 6.45) is 11.0. The van der Waals surface area contributed by atoms with Crippen LogP contribution in [0.15, 0.2) is 24.3 Å². The standard InChI is InChI=1S/C19H31NO/c1-3-20-18(15-17-7-5-4-6-8-17)12-9-16-10-13-19(21-2)14-11-16/h10-11,13-14,17-18,20H,3-9,12,15H2,1-2H3. The molecule has 118 valence electrons. The van der Waals surface area contributed by atoms with Gasteiger partial charge in [-0.25, -0.2) is 0 Å². The zero-order valence-corrected chi connectivity index (χ0v) is 13.7. The second kappa shape index (κ2) is 9.09. The van der Waals surface area contributed by atoms with Crippen LogP contribution in [0.2, 0.25) is 0 Å². The first-order valence-corrected chi connectivity index (χ1v) is 8.68. The van der Waals surface area contributed by atoms with Crippen molar-refractivity contribution < 1.29 is 4.74 Å². The van der Waals surface area contributed by atoms with Gasteiger partial charge in [0.15, 0.2) is 0 Å². The summed E-state index contributed by atoms with van der Waals surface area (Å²) in [5.74, 6) is 1.91. The van der Waals surface area contributed by atoms with Crippen LogP contribution < -0.4 is 10.1 Å². The van der Waals surface area contributed by atoms with E-state index in [1.807, 2.05) is 0 Å². The number of nitrogens with one attached hydrogen (secondary N) is 1. The highest BCUT2D eigenvalue weighted by Crippen LogP contribution is 2.28. The fraction of sp³-hybridized carbons (Fsp3) is 0.684. The molecule has 0 bridgehead atoms. The first-order chi connectivity index (χ1) is 10.3. The van der Waals surface area contributed by atoms with E-state index in [9.17, 15) is 0 Å². The predicted octanol–water partition coefficient (Wildman–Crippen LogP) is 4.58. The van der Waals surface area contributed by atoms with Crippen molar-refractivity contribution in [2.75, 3.05) is 13.7 Å². The summed E-state index contributed by atoms with van der Waals surface area (Å²) in [4.78, 5) is 0. The molecular formula is C19H31NO. The van der Waals surface area contributed by atoms with E-state index in [1.165, 1.54) is 50.5 Å². The number of aryl methyl sites for hydroxylation is 1. The highest BCUT2D eigenvalue weighted by atomic mass is 16.5. The Kier molecular flexibility index (Phi) is 7.08. The third-order valence-electron chi connectivity index (χ3n) is 4.78. The summed E-state index contributed by atoms with van der Waals surface area (Å²) >= 11 is 0. The smallest absolute Gasteiger partial charge is 0.118 e. The minimum Gasteiger partial charge on any atom is -0.497 e. The zero-order valence-electron chi connectivity index (χ0n) is 13.7. The number of methoxy groups -OCH3 is 1. The molecule has 21 heavy (non-hydrogen) atoms. The van der Waals surface area contributed by atoms with Crippen LogP contribution in [0.5, 0.6) is 5.75 Å². The molecule has 1 fully saturated rings. The van der Waals surface area contributed by atoms with Crippen LogP contribution in [0, 0.1) is 5.92 Å². The quantitative estimate of drug-likeness (QED) is 0.756. The van der Waals surface area contributed by atoms with Gasteiger partial charge in [0.2, 0.25) is 0 Å². The van der Waals surface area contributed by atoms with E-state index in [1.54, 1.807) is 7.11 Å². The summed E-state index contributed by atoms with van der Waals surface area (Å²) in [6, 6.07) is 9.21. The molecular weight excluding hydrogens is 258 g/mol. The fourth-order valence-corrected chi connectivity index (χ4v) is 3.55. The van der Waals surface area contributed by atoms with Crippen LogP contribution in [0.4, 0.5) is 0 Å². The highest BCUT2D eigenvalue weighted by Gasteiger charge is 2.18. The Morgan fingerprint density at radius 2 is 1.86 bits per heavy atom. The van der Waals surface area contributed by atoms with Gasteiger partial charge in [0, 0.05) is 6.04 Å². The van der Waals surface area contributed by atoms with Crippen molar-refractivity contribution in [3.8, 4) is 5.75 Å². The predicted molar refractivity (Wildman–Crippen MR) is 90.0 cm³/mol. The van der Waals surface area contributed by atoms with Gasteiger partial charge in [-0.15, -0.1) is 0 Å². The van der Waals surface area contributed by atoms with Crippen molar-refractivity contribution in [3.63, 3.8) is 0 Å². The molecule has 2 heteroatoms. The van der Waals surface area contributed by atoms with Crippen LogP contribution >= 0.6 is 0 Å². The Labute approximate surface area is 130 Å². The van der Waals surface area contributed by atoms with E-state index in [4.69, 9.17) is 4.74 Å². The molecule has 0 heterocycles. The molecule has 0 aliphatic heterocycles. The van der Waals surface area contributed by atoms with E-state index in [2.05, 4.69) is 36.5 Å². The van der Waals surface area contributed by atoms with Crippen molar-refractivity contribution >= 4 is 0 Å². The van der Waals surface area contributed by atoms with Crippen LogP contribution in [-0.2, 0) is 6.42 Å². The Bertz CT molecular complexity index is 381. The van der Waals surface area contributed by atoms with Gasteiger partial charge in [-0.2, -0.15) is 0 Å². The molecule has 1 aliphatic rings. The van der Waals surface area contributed by atoms with E-state index < -0.39 is 0 Å². The van der Waals surface area contributed by atoms with Gasteiger partial charge in [-0.3, -0.25) is 0 Å². The van der Waals surface area contributed by atoms with Gasteiger partial charge in [-0.05, 0) is 49.4 Å². The Morgan fingerprint density at radius 3 is 2.48 bits per heavy atom. The summed E-state index contributed by atoms with van der Waals surface area (Å²) in [5.41, 5.74) is 1.42. The minimum atomic E-state index is 0.681. The second-order valence-corrected chi connectivity index (χ2v) is 6.38.